The fourth-order valence-electron chi connectivity index (χ4n) is 2.05. The molecule has 0 bridgehead atoms. The molecule has 0 radical (unpaired) electrons. The van der Waals surface area contributed by atoms with Crippen molar-refractivity contribution in [3.63, 3.8) is 0 Å². The predicted octanol–water partition coefficient (Wildman–Crippen LogP) is 3.27. The zero-order chi connectivity index (χ0) is 8.70. The molecule has 0 aromatic rings. The fourth-order valence-corrected chi connectivity index (χ4v) is 2.05. The molecule has 1 aliphatic carbocycles. The van der Waals surface area contributed by atoms with Gasteiger partial charge < -0.3 is 12.9 Å². The smallest absolute Gasteiger partial charge is 0.449 e. The van der Waals surface area contributed by atoms with Crippen LogP contribution < -0.4 is 0 Å². The molecule has 66 valence electrons. The first kappa shape index (κ1) is 8.95. The summed E-state index contributed by atoms with van der Waals surface area (Å²) < 4.78 is 35.5. The van der Waals surface area contributed by atoms with Crippen LogP contribution in [0.1, 0.15) is 26.7 Å². The third-order valence-corrected chi connectivity index (χ3v) is 2.28. The van der Waals surface area contributed by atoms with Crippen LogP contribution in [0.3, 0.4) is 0 Å². The Bertz CT molecular complexity index is 142. The molecule has 0 N–H and O–H groups in total. The number of hydrogen-bond acceptors (Lipinski definition) is 0. The van der Waals surface area contributed by atoms with E-state index in [-0.39, 0.29) is 11.3 Å². The van der Waals surface area contributed by atoms with Crippen molar-refractivity contribution in [1.29, 1.82) is 0 Å². The van der Waals surface area contributed by atoms with Crippen LogP contribution >= 0.6 is 0 Å². The van der Waals surface area contributed by atoms with E-state index in [1.54, 1.807) is 0 Å². The van der Waals surface area contributed by atoms with Gasteiger partial charge in [0.05, 0.1) is 0 Å². The van der Waals surface area contributed by atoms with E-state index >= 15 is 0 Å². The van der Waals surface area contributed by atoms with Gasteiger partial charge in [-0.25, -0.2) is 0 Å². The molecular weight excluding hydrogens is 152 g/mol. The van der Waals surface area contributed by atoms with Crippen LogP contribution in [0.5, 0.6) is 0 Å². The van der Waals surface area contributed by atoms with E-state index in [4.69, 9.17) is 0 Å². The first-order valence-corrected chi connectivity index (χ1v) is 3.99. The Morgan fingerprint density at radius 1 is 1.27 bits per heavy atom. The first-order valence-electron chi connectivity index (χ1n) is 3.99. The van der Waals surface area contributed by atoms with Crippen LogP contribution in [0.15, 0.2) is 0 Å². The third-order valence-electron chi connectivity index (χ3n) is 2.28. The summed E-state index contributed by atoms with van der Waals surface area (Å²) in [5.41, 5.74) is 0.173. The van der Waals surface area contributed by atoms with Gasteiger partial charge in [0.2, 0.25) is 0 Å². The molecular formula is C7H13BF3-. The predicted molar refractivity (Wildman–Crippen MR) is 40.4 cm³/mol. The maximum Gasteiger partial charge on any atom is 0.478 e. The lowest BCUT2D eigenvalue weighted by Crippen LogP contribution is -2.35. The minimum atomic E-state index is -4.54. The summed E-state index contributed by atoms with van der Waals surface area (Å²) >= 11 is 0. The molecule has 0 spiro atoms. The van der Waals surface area contributed by atoms with E-state index in [0.29, 0.717) is 0 Å². The minimum absolute atomic E-state index is 0.0787. The minimum Gasteiger partial charge on any atom is -0.449 e. The van der Waals surface area contributed by atoms with Crippen LogP contribution in [0.4, 0.5) is 12.9 Å². The summed E-state index contributed by atoms with van der Waals surface area (Å²) in [6.07, 6.45) is 0.964. The molecule has 0 nitrogen and oxygen atoms in total. The lowest BCUT2D eigenvalue weighted by molar-refractivity contribution is 0.104. The Balaban J connectivity index is 2.24. The van der Waals surface area contributed by atoms with E-state index in [1.165, 1.54) is 0 Å². The van der Waals surface area contributed by atoms with E-state index < -0.39 is 13.3 Å². The van der Waals surface area contributed by atoms with Gasteiger partial charge in [-0.15, -0.1) is 0 Å². The SMILES string of the molecule is CC1(C)CC(C[B-](F)(F)F)C1. The summed E-state index contributed by atoms with van der Waals surface area (Å²) in [4.78, 5) is 0. The molecule has 4 heteroatoms. The molecule has 0 unspecified atom stereocenters. The molecule has 11 heavy (non-hydrogen) atoms. The van der Waals surface area contributed by atoms with E-state index in [0.717, 1.165) is 12.8 Å². The molecule has 1 rings (SSSR count). The molecule has 0 heterocycles. The maximum absolute atomic E-state index is 11.8. The van der Waals surface area contributed by atoms with Gasteiger partial charge in [-0.3, -0.25) is 0 Å². The molecule has 1 aliphatic rings. The first-order chi connectivity index (χ1) is 4.79. The van der Waals surface area contributed by atoms with Crippen LogP contribution in [-0.4, -0.2) is 6.98 Å². The summed E-state index contributed by atoms with van der Waals surface area (Å²) in [7, 11) is 0. The Labute approximate surface area is 65.2 Å². The molecule has 0 amide bonds. The standard InChI is InChI=1S/C7H13BF3/c1-7(2)3-6(4-7)5-8(9,10)11/h6H,3-5H2,1-2H3/q-1. The lowest BCUT2D eigenvalue weighted by Gasteiger charge is -2.44. The van der Waals surface area contributed by atoms with Crippen molar-refractivity contribution in [3.05, 3.63) is 0 Å². The van der Waals surface area contributed by atoms with Gasteiger partial charge >= 0.3 is 6.98 Å². The Kier molecular flexibility index (Phi) is 1.97. The van der Waals surface area contributed by atoms with Crippen LogP contribution in [0.25, 0.3) is 0 Å². The summed E-state index contributed by atoms with van der Waals surface area (Å²) in [6.45, 7) is -0.499. The average Bonchev–Trinajstić information content (AvgIpc) is 1.53. The van der Waals surface area contributed by atoms with Gasteiger partial charge in [0.25, 0.3) is 0 Å². The molecule has 0 aliphatic heterocycles. The largest absolute Gasteiger partial charge is 0.478 e. The van der Waals surface area contributed by atoms with E-state index in [9.17, 15) is 12.9 Å². The van der Waals surface area contributed by atoms with Crippen LogP contribution in [0, 0.1) is 11.3 Å². The van der Waals surface area contributed by atoms with Gasteiger partial charge in [0.1, 0.15) is 0 Å². The highest BCUT2D eigenvalue weighted by atomic mass is 19.4. The second kappa shape index (κ2) is 2.42. The highest BCUT2D eigenvalue weighted by Gasteiger charge is 2.39. The maximum atomic E-state index is 11.8. The van der Waals surface area contributed by atoms with Gasteiger partial charge in [0.15, 0.2) is 0 Å². The summed E-state index contributed by atoms with van der Waals surface area (Å²) in [6, 6.07) is 0. The van der Waals surface area contributed by atoms with Crippen molar-refractivity contribution in [2.45, 2.75) is 33.0 Å². The van der Waals surface area contributed by atoms with E-state index in [1.807, 2.05) is 13.8 Å². The van der Waals surface area contributed by atoms with Crippen molar-refractivity contribution in [3.8, 4) is 0 Å². The van der Waals surface area contributed by atoms with Crippen molar-refractivity contribution in [2.75, 3.05) is 0 Å². The number of rotatable bonds is 2. The van der Waals surface area contributed by atoms with Crippen molar-refractivity contribution in [2.24, 2.45) is 11.3 Å². The zero-order valence-corrected chi connectivity index (χ0v) is 6.91. The topological polar surface area (TPSA) is 0 Å². The van der Waals surface area contributed by atoms with Crippen molar-refractivity contribution >= 4 is 6.98 Å². The van der Waals surface area contributed by atoms with Gasteiger partial charge in [-0.2, -0.15) is 0 Å². The molecule has 0 atom stereocenters. The normalized spacial score (nSPS) is 24.8. The lowest BCUT2D eigenvalue weighted by atomic mass is 9.58. The highest BCUT2D eigenvalue weighted by Crippen LogP contribution is 2.48. The Morgan fingerprint density at radius 2 is 1.73 bits per heavy atom. The van der Waals surface area contributed by atoms with Gasteiger partial charge in [-0.1, -0.05) is 26.1 Å². The molecule has 1 saturated carbocycles. The van der Waals surface area contributed by atoms with Crippen LogP contribution in [-0.2, 0) is 0 Å². The van der Waals surface area contributed by atoms with Crippen LogP contribution in [0.2, 0.25) is 6.32 Å². The number of hydrogen-bond donors (Lipinski definition) is 0. The second-order valence-corrected chi connectivity index (χ2v) is 4.38. The third kappa shape index (κ3) is 2.76. The summed E-state index contributed by atoms with van der Waals surface area (Å²) in [5.74, 6) is -0.0787. The van der Waals surface area contributed by atoms with Crippen molar-refractivity contribution < 1.29 is 12.9 Å². The van der Waals surface area contributed by atoms with Gasteiger partial charge in [-0.05, 0) is 18.3 Å². The van der Waals surface area contributed by atoms with E-state index in [2.05, 4.69) is 0 Å². The average molecular weight is 165 g/mol. The fraction of sp³-hybridized carbons (Fsp3) is 1.00. The summed E-state index contributed by atoms with van der Waals surface area (Å²) in [5, 5.41) is 0. The molecule has 0 aromatic heterocycles. The molecule has 1 fully saturated rings. The monoisotopic (exact) mass is 165 g/mol. The van der Waals surface area contributed by atoms with Gasteiger partial charge in [0, 0.05) is 0 Å². The Morgan fingerprint density at radius 3 is 2.00 bits per heavy atom. The Hall–Kier alpha value is -0.145. The molecule has 0 aromatic carbocycles. The quantitative estimate of drug-likeness (QED) is 0.550. The zero-order valence-electron chi connectivity index (χ0n) is 6.91. The number of halogens is 3. The molecule has 0 saturated heterocycles. The van der Waals surface area contributed by atoms with Crippen molar-refractivity contribution in [1.82, 2.24) is 0 Å². The second-order valence-electron chi connectivity index (χ2n) is 4.38. The highest BCUT2D eigenvalue weighted by molar-refractivity contribution is 6.58.